The average molecular weight is 334 g/mol. The summed E-state index contributed by atoms with van der Waals surface area (Å²) in [5.74, 6) is -0.998. The minimum Gasteiger partial charge on any atom is -0.320 e. The Morgan fingerprint density at radius 2 is 2.00 bits per heavy atom. The Balaban J connectivity index is 2.04. The number of nitro benzene ring substituents is 1. The lowest BCUT2D eigenvalue weighted by atomic mass is 10.2. The zero-order valence-corrected chi connectivity index (χ0v) is 13.4. The maximum atomic E-state index is 13.1. The number of halogens is 1. The molecular weight excluding hydrogens is 319 g/mol. The molecule has 1 N–H and O–H groups in total. The lowest BCUT2D eigenvalue weighted by molar-refractivity contribution is -0.384. The van der Waals surface area contributed by atoms with E-state index in [4.69, 9.17) is 0 Å². The maximum Gasteiger partial charge on any atom is 0.295 e. The number of nitrogens with zero attached hydrogens (tertiary/aromatic N) is 1. The summed E-state index contributed by atoms with van der Waals surface area (Å²) >= 11 is 1.34. The van der Waals surface area contributed by atoms with Gasteiger partial charge in [-0.25, -0.2) is 4.39 Å². The van der Waals surface area contributed by atoms with Crippen LogP contribution in [0.1, 0.15) is 11.1 Å². The molecule has 0 heterocycles. The molecule has 0 aliphatic heterocycles. The number of amides is 1. The molecule has 0 radical (unpaired) electrons. The van der Waals surface area contributed by atoms with Gasteiger partial charge in [-0.2, -0.15) is 0 Å². The molecule has 0 aliphatic carbocycles. The molecule has 0 unspecified atom stereocenters. The highest BCUT2D eigenvalue weighted by Crippen LogP contribution is 2.26. The van der Waals surface area contributed by atoms with Crippen LogP contribution in [0.4, 0.5) is 15.8 Å². The first-order valence-electron chi connectivity index (χ1n) is 6.80. The van der Waals surface area contributed by atoms with E-state index in [0.29, 0.717) is 0 Å². The summed E-state index contributed by atoms with van der Waals surface area (Å²) in [6.07, 6.45) is 0. The number of anilines is 1. The number of hydrogen-bond acceptors (Lipinski definition) is 4. The Hall–Kier alpha value is -2.41. The largest absolute Gasteiger partial charge is 0.320 e. The second kappa shape index (κ2) is 7.23. The van der Waals surface area contributed by atoms with Crippen molar-refractivity contribution in [3.8, 4) is 0 Å². The number of carbonyl (C=O) groups excluding carboxylic acids is 1. The smallest absolute Gasteiger partial charge is 0.295 e. The molecular formula is C16H15FN2O3S. The molecule has 0 saturated carbocycles. The average Bonchev–Trinajstić information content (AvgIpc) is 2.48. The Morgan fingerprint density at radius 1 is 1.26 bits per heavy atom. The van der Waals surface area contributed by atoms with Crippen LogP contribution >= 0.6 is 11.8 Å². The molecule has 0 aromatic heterocycles. The van der Waals surface area contributed by atoms with E-state index in [-0.39, 0.29) is 17.3 Å². The third-order valence-electron chi connectivity index (χ3n) is 3.12. The van der Waals surface area contributed by atoms with Crippen molar-refractivity contribution >= 4 is 29.0 Å². The molecule has 0 bridgehead atoms. The van der Waals surface area contributed by atoms with Gasteiger partial charge in [-0.05, 0) is 37.6 Å². The van der Waals surface area contributed by atoms with Crippen molar-refractivity contribution < 1.29 is 14.1 Å². The van der Waals surface area contributed by atoms with Gasteiger partial charge in [0.1, 0.15) is 11.5 Å². The van der Waals surface area contributed by atoms with Gasteiger partial charge < -0.3 is 5.32 Å². The fraction of sp³-hybridized carbons (Fsp3) is 0.188. The number of nitrogens with one attached hydrogen (secondary N) is 1. The summed E-state index contributed by atoms with van der Waals surface area (Å²) in [5, 5.41) is 13.3. The van der Waals surface area contributed by atoms with Crippen LogP contribution < -0.4 is 5.32 Å². The third-order valence-corrected chi connectivity index (χ3v) is 4.30. The van der Waals surface area contributed by atoms with Crippen molar-refractivity contribution in [2.75, 3.05) is 11.1 Å². The van der Waals surface area contributed by atoms with Gasteiger partial charge in [0.15, 0.2) is 0 Å². The molecule has 2 rings (SSSR count). The minimum atomic E-state index is -0.726. The predicted octanol–water partition coefficient (Wildman–Crippen LogP) is 4.08. The van der Waals surface area contributed by atoms with Gasteiger partial charge in [0.05, 0.1) is 16.7 Å². The molecule has 120 valence electrons. The summed E-state index contributed by atoms with van der Waals surface area (Å²) < 4.78 is 13.1. The van der Waals surface area contributed by atoms with Crippen LogP contribution in [0.5, 0.6) is 0 Å². The van der Waals surface area contributed by atoms with Crippen LogP contribution in [0, 0.1) is 29.8 Å². The van der Waals surface area contributed by atoms with Crippen molar-refractivity contribution in [3.05, 3.63) is 63.5 Å². The number of benzene rings is 2. The lowest BCUT2D eigenvalue weighted by Crippen LogP contribution is -2.15. The zero-order chi connectivity index (χ0) is 17.0. The van der Waals surface area contributed by atoms with E-state index < -0.39 is 16.4 Å². The van der Waals surface area contributed by atoms with E-state index in [9.17, 15) is 19.3 Å². The molecule has 0 spiro atoms. The number of thioether (sulfide) groups is 1. The molecule has 1 amide bonds. The molecule has 0 fully saturated rings. The summed E-state index contributed by atoms with van der Waals surface area (Å²) in [5.41, 5.74) is 1.73. The van der Waals surface area contributed by atoms with Crippen LogP contribution in [0.2, 0.25) is 0 Å². The monoisotopic (exact) mass is 334 g/mol. The summed E-state index contributed by atoms with van der Waals surface area (Å²) in [7, 11) is 0. The first-order valence-corrected chi connectivity index (χ1v) is 7.79. The Kier molecular flexibility index (Phi) is 5.33. The van der Waals surface area contributed by atoms with Crippen molar-refractivity contribution in [1.29, 1.82) is 0 Å². The highest BCUT2D eigenvalue weighted by Gasteiger charge is 2.17. The highest BCUT2D eigenvalue weighted by atomic mass is 32.2. The van der Waals surface area contributed by atoms with Gasteiger partial charge >= 0.3 is 0 Å². The molecule has 23 heavy (non-hydrogen) atoms. The summed E-state index contributed by atoms with van der Waals surface area (Å²) in [6, 6.07) is 8.95. The van der Waals surface area contributed by atoms with Crippen LogP contribution in [-0.4, -0.2) is 16.6 Å². The Morgan fingerprint density at radius 3 is 2.65 bits per heavy atom. The quantitative estimate of drug-likeness (QED) is 0.508. The van der Waals surface area contributed by atoms with E-state index in [2.05, 4.69) is 5.32 Å². The van der Waals surface area contributed by atoms with Crippen LogP contribution in [0.3, 0.4) is 0 Å². The van der Waals surface area contributed by atoms with Crippen molar-refractivity contribution in [2.45, 2.75) is 18.7 Å². The normalized spacial score (nSPS) is 10.4. The molecule has 2 aromatic carbocycles. The number of aryl methyl sites for hydroxylation is 2. The number of nitro groups is 1. The summed E-state index contributed by atoms with van der Waals surface area (Å²) in [4.78, 5) is 23.1. The molecule has 0 saturated heterocycles. The lowest BCUT2D eigenvalue weighted by Gasteiger charge is -2.08. The number of carbonyl (C=O) groups is 1. The van der Waals surface area contributed by atoms with Crippen molar-refractivity contribution in [2.24, 2.45) is 0 Å². The van der Waals surface area contributed by atoms with Gasteiger partial charge in [-0.1, -0.05) is 17.7 Å². The second-order valence-corrected chi connectivity index (χ2v) is 6.04. The fourth-order valence-corrected chi connectivity index (χ4v) is 2.86. The first-order chi connectivity index (χ1) is 10.9. The number of hydrogen-bond donors (Lipinski definition) is 1. The molecule has 0 aliphatic rings. The fourth-order valence-electron chi connectivity index (χ4n) is 2.05. The van der Waals surface area contributed by atoms with Gasteiger partial charge in [-0.3, -0.25) is 14.9 Å². The Bertz CT molecular complexity index is 765. The first kappa shape index (κ1) is 17.0. The topological polar surface area (TPSA) is 72.2 Å². The van der Waals surface area contributed by atoms with E-state index in [1.54, 1.807) is 0 Å². The maximum absolute atomic E-state index is 13.1. The van der Waals surface area contributed by atoms with E-state index in [1.165, 1.54) is 17.8 Å². The second-order valence-electron chi connectivity index (χ2n) is 5.02. The van der Waals surface area contributed by atoms with Crippen molar-refractivity contribution in [1.82, 2.24) is 0 Å². The number of rotatable bonds is 5. The molecule has 0 atom stereocenters. The van der Waals surface area contributed by atoms with Gasteiger partial charge in [0, 0.05) is 4.90 Å². The van der Waals surface area contributed by atoms with Crippen LogP contribution in [0.25, 0.3) is 0 Å². The summed E-state index contributed by atoms with van der Waals surface area (Å²) in [6.45, 7) is 3.94. The zero-order valence-electron chi connectivity index (χ0n) is 12.6. The molecule has 2 aromatic rings. The molecule has 7 heteroatoms. The van der Waals surface area contributed by atoms with E-state index in [1.807, 2.05) is 32.0 Å². The standard InChI is InChI=1S/C16H15FN2O3S/c1-10-3-6-15(11(2)7-10)23-9-16(20)18-13-5-4-12(17)8-14(13)19(21)22/h3-8H,9H2,1-2H3,(H,18,20). The van der Waals surface area contributed by atoms with Gasteiger partial charge in [0.25, 0.3) is 5.69 Å². The van der Waals surface area contributed by atoms with Gasteiger partial charge in [-0.15, -0.1) is 11.8 Å². The molecule has 5 nitrogen and oxygen atoms in total. The van der Waals surface area contributed by atoms with E-state index in [0.717, 1.165) is 28.2 Å². The SMILES string of the molecule is Cc1ccc(SCC(=O)Nc2ccc(F)cc2[N+](=O)[O-])c(C)c1. The Labute approximate surface area is 137 Å². The van der Waals surface area contributed by atoms with E-state index >= 15 is 0 Å². The van der Waals surface area contributed by atoms with Crippen molar-refractivity contribution in [3.63, 3.8) is 0 Å². The predicted molar refractivity (Wildman–Crippen MR) is 88.3 cm³/mol. The van der Waals surface area contributed by atoms with Crippen LogP contribution in [0.15, 0.2) is 41.3 Å². The minimum absolute atomic E-state index is 0.0115. The highest BCUT2D eigenvalue weighted by molar-refractivity contribution is 8.00. The third kappa shape index (κ3) is 4.53. The van der Waals surface area contributed by atoms with Crippen LogP contribution in [-0.2, 0) is 4.79 Å². The van der Waals surface area contributed by atoms with Gasteiger partial charge in [0.2, 0.25) is 5.91 Å².